The number of hydrogen-bond donors (Lipinski definition) is 1. The summed E-state index contributed by atoms with van der Waals surface area (Å²) in [4.78, 5) is 15.9. The van der Waals surface area contributed by atoms with Gasteiger partial charge >= 0.3 is 0 Å². The molecule has 0 aliphatic heterocycles. The zero-order valence-electron chi connectivity index (χ0n) is 16.5. The highest BCUT2D eigenvalue weighted by Gasteiger charge is 2.12. The van der Waals surface area contributed by atoms with Crippen LogP contribution in [-0.2, 0) is 0 Å². The van der Waals surface area contributed by atoms with Crippen molar-refractivity contribution in [2.45, 2.75) is 0 Å². The minimum absolute atomic E-state index is 0.279. The lowest BCUT2D eigenvalue weighted by Crippen LogP contribution is -2.17. The number of carbonyl (C=O) groups is 1. The van der Waals surface area contributed by atoms with Crippen LogP contribution in [0.1, 0.15) is 15.9 Å². The number of hydrazone groups is 1. The van der Waals surface area contributed by atoms with Crippen LogP contribution >= 0.6 is 27.5 Å². The number of carbonyl (C=O) groups excluding carboxylic acids is 1. The molecule has 1 amide bonds. The summed E-state index contributed by atoms with van der Waals surface area (Å²) >= 11 is 9.74. The molecule has 1 aromatic heterocycles. The van der Waals surface area contributed by atoms with Crippen molar-refractivity contribution in [3.63, 3.8) is 0 Å². The molecule has 0 fully saturated rings. The first-order chi connectivity index (χ1) is 15.1. The van der Waals surface area contributed by atoms with Gasteiger partial charge in [0.1, 0.15) is 19.0 Å². The SMILES string of the molecule is COc1cc(/C=N\NC(=O)c2ccncc2)cc(Cl)c1OCCOc1ccc(Br)cc1. The quantitative estimate of drug-likeness (QED) is 0.259. The molecule has 0 aliphatic carbocycles. The smallest absolute Gasteiger partial charge is 0.271 e. The Labute approximate surface area is 193 Å². The van der Waals surface area contributed by atoms with E-state index in [4.69, 9.17) is 25.8 Å². The summed E-state index contributed by atoms with van der Waals surface area (Å²) in [5.41, 5.74) is 3.54. The molecule has 0 bridgehead atoms. The molecule has 7 nitrogen and oxygen atoms in total. The summed E-state index contributed by atoms with van der Waals surface area (Å²) in [6, 6.07) is 14.1. The molecule has 0 saturated heterocycles. The predicted octanol–water partition coefficient (Wildman–Crippen LogP) is 4.73. The second-order valence-corrected chi connectivity index (χ2v) is 7.44. The summed E-state index contributed by atoms with van der Waals surface area (Å²) in [6.07, 6.45) is 4.53. The van der Waals surface area contributed by atoms with E-state index in [1.165, 1.54) is 25.7 Å². The molecular formula is C22H19BrClN3O4. The fraction of sp³-hybridized carbons (Fsp3) is 0.136. The Morgan fingerprint density at radius 1 is 1.13 bits per heavy atom. The monoisotopic (exact) mass is 503 g/mol. The third kappa shape index (κ3) is 6.70. The standard InChI is InChI=1S/C22H19BrClN3O4/c1-29-20-13-15(14-26-27-22(28)16-6-8-25-9-7-16)12-19(24)21(20)31-11-10-30-18-4-2-17(23)3-5-18/h2-9,12-14H,10-11H2,1H3,(H,27,28)/b26-14-. The lowest BCUT2D eigenvalue weighted by molar-refractivity contribution is 0.0955. The lowest BCUT2D eigenvalue weighted by atomic mass is 10.2. The van der Waals surface area contributed by atoms with Crippen LogP contribution in [0.5, 0.6) is 17.2 Å². The van der Waals surface area contributed by atoms with Crippen LogP contribution in [0.25, 0.3) is 0 Å². The molecule has 0 atom stereocenters. The fourth-order valence-electron chi connectivity index (χ4n) is 2.52. The molecule has 3 aromatic rings. The van der Waals surface area contributed by atoms with Crippen LogP contribution in [0.3, 0.4) is 0 Å². The number of aromatic nitrogens is 1. The topological polar surface area (TPSA) is 82.0 Å². The zero-order valence-corrected chi connectivity index (χ0v) is 18.9. The Balaban J connectivity index is 1.57. The average molecular weight is 505 g/mol. The van der Waals surface area contributed by atoms with Gasteiger partial charge in [0.05, 0.1) is 18.3 Å². The van der Waals surface area contributed by atoms with Crippen molar-refractivity contribution < 1.29 is 19.0 Å². The summed E-state index contributed by atoms with van der Waals surface area (Å²) in [7, 11) is 1.52. The number of hydrogen-bond acceptors (Lipinski definition) is 6. The van der Waals surface area contributed by atoms with Gasteiger partial charge in [-0.15, -0.1) is 0 Å². The van der Waals surface area contributed by atoms with E-state index in [1.807, 2.05) is 24.3 Å². The number of ether oxygens (including phenoxy) is 3. The highest BCUT2D eigenvalue weighted by atomic mass is 79.9. The van der Waals surface area contributed by atoms with Gasteiger partial charge in [-0.3, -0.25) is 9.78 Å². The van der Waals surface area contributed by atoms with Gasteiger partial charge in [-0.05, 0) is 54.1 Å². The summed E-state index contributed by atoms with van der Waals surface area (Å²) < 4.78 is 17.7. The van der Waals surface area contributed by atoms with Crippen molar-refractivity contribution >= 4 is 39.7 Å². The maximum atomic E-state index is 12.0. The van der Waals surface area contributed by atoms with Gasteiger partial charge in [-0.1, -0.05) is 27.5 Å². The number of rotatable bonds is 9. The number of methoxy groups -OCH3 is 1. The minimum Gasteiger partial charge on any atom is -0.493 e. The van der Waals surface area contributed by atoms with E-state index in [-0.39, 0.29) is 12.5 Å². The minimum atomic E-state index is -0.345. The number of pyridine rings is 1. The molecule has 3 rings (SSSR count). The molecule has 1 N–H and O–H groups in total. The van der Waals surface area contributed by atoms with Crippen molar-refractivity contribution in [3.05, 3.63) is 81.5 Å². The Bertz CT molecular complexity index is 1050. The second kappa shape index (κ2) is 11.3. The first-order valence-corrected chi connectivity index (χ1v) is 10.4. The molecule has 0 spiro atoms. The maximum Gasteiger partial charge on any atom is 0.271 e. The van der Waals surface area contributed by atoms with Gasteiger partial charge in [0.2, 0.25) is 0 Å². The van der Waals surface area contributed by atoms with Gasteiger partial charge in [0.15, 0.2) is 11.5 Å². The van der Waals surface area contributed by atoms with Crippen molar-refractivity contribution in [3.8, 4) is 17.2 Å². The fourth-order valence-corrected chi connectivity index (χ4v) is 3.06. The van der Waals surface area contributed by atoms with Crippen molar-refractivity contribution in [1.82, 2.24) is 10.4 Å². The van der Waals surface area contributed by atoms with E-state index in [2.05, 4.69) is 31.4 Å². The highest BCUT2D eigenvalue weighted by Crippen LogP contribution is 2.36. The number of amides is 1. The molecule has 2 aromatic carbocycles. The number of benzene rings is 2. The van der Waals surface area contributed by atoms with Crippen LogP contribution < -0.4 is 19.6 Å². The van der Waals surface area contributed by atoms with Crippen LogP contribution in [0.15, 0.2) is 70.5 Å². The first kappa shape index (κ1) is 22.6. The van der Waals surface area contributed by atoms with Crippen LogP contribution in [0.4, 0.5) is 0 Å². The molecule has 31 heavy (non-hydrogen) atoms. The van der Waals surface area contributed by atoms with E-state index < -0.39 is 0 Å². The molecule has 9 heteroatoms. The Kier molecular flexibility index (Phi) is 8.26. The van der Waals surface area contributed by atoms with Crippen LogP contribution in [0, 0.1) is 0 Å². The van der Waals surface area contributed by atoms with Gasteiger partial charge in [0.25, 0.3) is 5.91 Å². The van der Waals surface area contributed by atoms with Crippen LogP contribution in [-0.4, -0.2) is 37.4 Å². The molecule has 0 saturated carbocycles. The van der Waals surface area contributed by atoms with Gasteiger partial charge in [0, 0.05) is 22.4 Å². The summed E-state index contributed by atoms with van der Waals surface area (Å²) in [5, 5.41) is 4.31. The maximum absolute atomic E-state index is 12.0. The van der Waals surface area contributed by atoms with Crippen molar-refractivity contribution in [2.75, 3.05) is 20.3 Å². The van der Waals surface area contributed by atoms with Crippen LogP contribution in [0.2, 0.25) is 5.02 Å². The number of nitrogens with one attached hydrogen (secondary N) is 1. The van der Waals surface area contributed by atoms with Gasteiger partial charge < -0.3 is 14.2 Å². The van der Waals surface area contributed by atoms with Gasteiger partial charge in [-0.25, -0.2) is 5.43 Å². The largest absolute Gasteiger partial charge is 0.493 e. The number of nitrogens with zero attached hydrogens (tertiary/aromatic N) is 2. The van der Waals surface area contributed by atoms with E-state index in [9.17, 15) is 4.79 Å². The molecule has 0 unspecified atom stereocenters. The van der Waals surface area contributed by atoms with Gasteiger partial charge in [-0.2, -0.15) is 5.10 Å². The molecule has 1 heterocycles. The van der Waals surface area contributed by atoms with E-state index in [0.29, 0.717) is 34.3 Å². The third-order valence-corrected chi connectivity index (χ3v) is 4.80. The second-order valence-electron chi connectivity index (χ2n) is 6.12. The Hall–Kier alpha value is -3.10. The summed E-state index contributed by atoms with van der Waals surface area (Å²) in [6.45, 7) is 0.618. The highest BCUT2D eigenvalue weighted by molar-refractivity contribution is 9.10. The summed E-state index contributed by atoms with van der Waals surface area (Å²) in [5.74, 6) is 1.24. The third-order valence-electron chi connectivity index (χ3n) is 3.99. The van der Waals surface area contributed by atoms with E-state index in [1.54, 1.807) is 24.3 Å². The molecule has 0 radical (unpaired) electrons. The van der Waals surface area contributed by atoms with Crippen molar-refractivity contribution in [2.24, 2.45) is 5.10 Å². The number of halogens is 2. The average Bonchev–Trinajstić information content (AvgIpc) is 2.79. The molecule has 160 valence electrons. The molecule has 0 aliphatic rings. The predicted molar refractivity (Wildman–Crippen MR) is 122 cm³/mol. The lowest BCUT2D eigenvalue weighted by Gasteiger charge is -2.13. The Morgan fingerprint density at radius 3 is 2.55 bits per heavy atom. The Morgan fingerprint density at radius 2 is 1.84 bits per heavy atom. The zero-order chi connectivity index (χ0) is 22.1. The van der Waals surface area contributed by atoms with E-state index in [0.717, 1.165) is 10.2 Å². The normalized spacial score (nSPS) is 10.7. The molecular weight excluding hydrogens is 486 g/mol. The van der Waals surface area contributed by atoms with Crippen molar-refractivity contribution in [1.29, 1.82) is 0 Å². The van der Waals surface area contributed by atoms with E-state index >= 15 is 0 Å². The first-order valence-electron chi connectivity index (χ1n) is 9.19.